The van der Waals surface area contributed by atoms with Crippen LogP contribution in [0.15, 0.2) is 6.07 Å². The van der Waals surface area contributed by atoms with Crippen molar-refractivity contribution < 1.29 is 0 Å². The maximum atomic E-state index is 3.70. The van der Waals surface area contributed by atoms with Crippen molar-refractivity contribution >= 4 is 11.3 Å². The largest absolute Gasteiger partial charge is 0.310 e. The molecule has 19 heavy (non-hydrogen) atoms. The van der Waals surface area contributed by atoms with Gasteiger partial charge < -0.3 is 5.32 Å². The molecule has 1 nitrogen and oxygen atoms in total. The zero-order chi connectivity index (χ0) is 13.7. The molecule has 2 rings (SSSR count). The minimum absolute atomic E-state index is 0.580. The average Bonchev–Trinajstić information content (AvgIpc) is 2.69. The molecule has 108 valence electrons. The van der Waals surface area contributed by atoms with Gasteiger partial charge in [-0.15, -0.1) is 11.3 Å². The fraction of sp³-hybridized carbons (Fsp3) is 0.765. The molecule has 0 aromatic carbocycles. The number of thiophene rings is 1. The predicted octanol–water partition coefficient (Wildman–Crippen LogP) is 5.10. The van der Waals surface area contributed by atoms with E-state index < -0.39 is 0 Å². The van der Waals surface area contributed by atoms with Gasteiger partial charge in [0, 0.05) is 15.8 Å². The Kier molecular flexibility index (Phi) is 5.90. The van der Waals surface area contributed by atoms with Gasteiger partial charge in [-0.2, -0.15) is 0 Å². The summed E-state index contributed by atoms with van der Waals surface area (Å²) in [7, 11) is 0. The quantitative estimate of drug-likeness (QED) is 0.714. The van der Waals surface area contributed by atoms with Crippen molar-refractivity contribution in [2.24, 2.45) is 5.92 Å². The van der Waals surface area contributed by atoms with Crippen LogP contribution in [-0.2, 0) is 12.8 Å². The summed E-state index contributed by atoms with van der Waals surface area (Å²) in [6.07, 6.45) is 9.40. The zero-order valence-corrected chi connectivity index (χ0v) is 13.6. The standard InChI is InChI=1S/C17H29NS/c1-4-13(3)11-15(18-5-2)17-12-14-9-7-6-8-10-16(14)19-17/h12-13,15,18H,4-11H2,1-3H3. The van der Waals surface area contributed by atoms with Crippen LogP contribution in [0.1, 0.15) is 74.2 Å². The molecule has 0 saturated heterocycles. The molecular weight excluding hydrogens is 250 g/mol. The highest BCUT2D eigenvalue weighted by Gasteiger charge is 2.19. The molecule has 1 aromatic rings. The lowest BCUT2D eigenvalue weighted by Gasteiger charge is -2.20. The van der Waals surface area contributed by atoms with Crippen molar-refractivity contribution in [1.29, 1.82) is 0 Å². The summed E-state index contributed by atoms with van der Waals surface area (Å²) >= 11 is 2.09. The number of hydrogen-bond donors (Lipinski definition) is 1. The zero-order valence-electron chi connectivity index (χ0n) is 12.8. The van der Waals surface area contributed by atoms with E-state index in [0.717, 1.165) is 12.5 Å². The SMILES string of the molecule is CCNC(CC(C)CC)c1cc2c(s1)CCCCC2. The summed E-state index contributed by atoms with van der Waals surface area (Å²) in [5.41, 5.74) is 1.66. The van der Waals surface area contributed by atoms with Gasteiger partial charge in [0.05, 0.1) is 0 Å². The lowest BCUT2D eigenvalue weighted by Crippen LogP contribution is -2.22. The van der Waals surface area contributed by atoms with Gasteiger partial charge in [-0.3, -0.25) is 0 Å². The molecule has 0 saturated carbocycles. The van der Waals surface area contributed by atoms with E-state index >= 15 is 0 Å². The summed E-state index contributed by atoms with van der Waals surface area (Å²) in [6, 6.07) is 3.10. The Morgan fingerprint density at radius 1 is 1.21 bits per heavy atom. The Bertz CT molecular complexity index is 359. The molecule has 2 heteroatoms. The van der Waals surface area contributed by atoms with Crippen LogP contribution in [0.2, 0.25) is 0 Å². The van der Waals surface area contributed by atoms with Crippen LogP contribution in [0.25, 0.3) is 0 Å². The van der Waals surface area contributed by atoms with Crippen LogP contribution in [-0.4, -0.2) is 6.54 Å². The molecule has 1 aliphatic carbocycles. The van der Waals surface area contributed by atoms with E-state index in [1.807, 2.05) is 0 Å². The highest BCUT2D eigenvalue weighted by atomic mass is 32.1. The first-order valence-corrected chi connectivity index (χ1v) is 8.91. The van der Waals surface area contributed by atoms with Crippen molar-refractivity contribution in [1.82, 2.24) is 5.32 Å². The highest BCUT2D eigenvalue weighted by molar-refractivity contribution is 7.12. The topological polar surface area (TPSA) is 12.0 Å². The Morgan fingerprint density at radius 2 is 2.00 bits per heavy atom. The van der Waals surface area contributed by atoms with Gasteiger partial charge in [0.15, 0.2) is 0 Å². The van der Waals surface area contributed by atoms with Crippen molar-refractivity contribution in [3.05, 3.63) is 21.4 Å². The number of hydrogen-bond acceptors (Lipinski definition) is 2. The second-order valence-electron chi connectivity index (χ2n) is 6.02. The summed E-state index contributed by atoms with van der Waals surface area (Å²) in [5, 5.41) is 3.70. The van der Waals surface area contributed by atoms with Gasteiger partial charge in [-0.1, -0.05) is 33.6 Å². The molecule has 0 fully saturated rings. The summed E-state index contributed by atoms with van der Waals surface area (Å²) < 4.78 is 0. The van der Waals surface area contributed by atoms with Crippen LogP contribution in [0, 0.1) is 5.92 Å². The van der Waals surface area contributed by atoms with Crippen LogP contribution in [0.4, 0.5) is 0 Å². The van der Waals surface area contributed by atoms with Gasteiger partial charge >= 0.3 is 0 Å². The molecule has 2 unspecified atom stereocenters. The van der Waals surface area contributed by atoms with Crippen LogP contribution >= 0.6 is 11.3 Å². The smallest absolute Gasteiger partial charge is 0.0417 e. The van der Waals surface area contributed by atoms with Gasteiger partial charge in [0.25, 0.3) is 0 Å². The van der Waals surface area contributed by atoms with E-state index in [4.69, 9.17) is 0 Å². The fourth-order valence-corrected chi connectivity index (χ4v) is 4.32. The van der Waals surface area contributed by atoms with Crippen LogP contribution < -0.4 is 5.32 Å². The summed E-state index contributed by atoms with van der Waals surface area (Å²) in [6.45, 7) is 7.98. The first-order valence-electron chi connectivity index (χ1n) is 8.09. The van der Waals surface area contributed by atoms with E-state index in [1.54, 1.807) is 15.3 Å². The molecule has 2 atom stereocenters. The molecule has 1 aromatic heterocycles. The minimum Gasteiger partial charge on any atom is -0.310 e. The Labute approximate surface area is 122 Å². The Morgan fingerprint density at radius 3 is 2.74 bits per heavy atom. The van der Waals surface area contributed by atoms with Crippen molar-refractivity contribution in [3.8, 4) is 0 Å². The van der Waals surface area contributed by atoms with Crippen LogP contribution in [0.5, 0.6) is 0 Å². The molecule has 0 radical (unpaired) electrons. The first kappa shape index (κ1) is 15.1. The lowest BCUT2D eigenvalue weighted by molar-refractivity contribution is 0.412. The average molecular weight is 279 g/mol. The molecule has 1 heterocycles. The van der Waals surface area contributed by atoms with E-state index in [-0.39, 0.29) is 0 Å². The predicted molar refractivity (Wildman–Crippen MR) is 86.1 cm³/mol. The maximum absolute atomic E-state index is 3.70. The van der Waals surface area contributed by atoms with Gasteiger partial charge in [0.1, 0.15) is 0 Å². The van der Waals surface area contributed by atoms with Crippen molar-refractivity contribution in [2.75, 3.05) is 6.54 Å². The summed E-state index contributed by atoms with van der Waals surface area (Å²) in [4.78, 5) is 3.27. The third-order valence-electron chi connectivity index (χ3n) is 4.39. The maximum Gasteiger partial charge on any atom is 0.0417 e. The number of fused-ring (bicyclic) bond motifs is 1. The Hall–Kier alpha value is -0.340. The summed E-state index contributed by atoms with van der Waals surface area (Å²) in [5.74, 6) is 0.811. The molecule has 0 bridgehead atoms. The van der Waals surface area contributed by atoms with E-state index in [2.05, 4.69) is 43.5 Å². The van der Waals surface area contributed by atoms with Gasteiger partial charge in [0.2, 0.25) is 0 Å². The van der Waals surface area contributed by atoms with E-state index in [9.17, 15) is 0 Å². The van der Waals surface area contributed by atoms with Gasteiger partial charge in [-0.25, -0.2) is 0 Å². The van der Waals surface area contributed by atoms with Crippen LogP contribution in [0.3, 0.4) is 0 Å². The Balaban J connectivity index is 2.12. The molecule has 1 N–H and O–H groups in total. The molecule has 1 aliphatic rings. The van der Waals surface area contributed by atoms with Crippen molar-refractivity contribution in [2.45, 2.75) is 71.8 Å². The molecular formula is C17H29NS. The normalized spacial score (nSPS) is 18.7. The highest BCUT2D eigenvalue weighted by Crippen LogP contribution is 2.34. The second kappa shape index (κ2) is 7.44. The first-order chi connectivity index (χ1) is 9.24. The lowest BCUT2D eigenvalue weighted by atomic mass is 9.97. The molecule has 0 aliphatic heterocycles. The van der Waals surface area contributed by atoms with Crippen molar-refractivity contribution in [3.63, 3.8) is 0 Å². The molecule has 0 amide bonds. The number of nitrogens with one attached hydrogen (secondary N) is 1. The number of aryl methyl sites for hydroxylation is 2. The fourth-order valence-electron chi connectivity index (χ4n) is 2.98. The third kappa shape index (κ3) is 4.06. The third-order valence-corrected chi connectivity index (χ3v) is 5.75. The van der Waals surface area contributed by atoms with E-state index in [1.165, 1.54) is 44.9 Å². The second-order valence-corrected chi connectivity index (χ2v) is 7.19. The molecule has 0 spiro atoms. The van der Waals surface area contributed by atoms with Gasteiger partial charge in [-0.05, 0) is 56.2 Å². The van der Waals surface area contributed by atoms with E-state index in [0.29, 0.717) is 6.04 Å². The number of rotatable bonds is 6. The minimum atomic E-state index is 0.580. The monoisotopic (exact) mass is 279 g/mol.